The normalized spacial score (nSPS) is 13.4. The molecule has 4 heteroatoms. The summed E-state index contributed by atoms with van der Waals surface area (Å²) in [5.41, 5.74) is 4.69. The van der Waals surface area contributed by atoms with Crippen molar-refractivity contribution in [2.24, 2.45) is 0 Å². The van der Waals surface area contributed by atoms with Crippen LogP contribution in [0.25, 0.3) is 11.1 Å². The Labute approximate surface area is 152 Å². The van der Waals surface area contributed by atoms with E-state index in [2.05, 4.69) is 17.4 Å². The molecular weight excluding hydrogens is 326 g/mol. The highest BCUT2D eigenvalue weighted by Gasteiger charge is 2.23. The maximum atomic E-state index is 12.2. The monoisotopic (exact) mass is 347 g/mol. The SMILES string of the molecule is COc1ccc(CNc2c(-c3ccc4c(c3)CCCC4)c(=O)c2=O)cc1. The van der Waals surface area contributed by atoms with Gasteiger partial charge in [0.2, 0.25) is 10.9 Å². The first-order valence-electron chi connectivity index (χ1n) is 8.99. The van der Waals surface area contributed by atoms with Crippen molar-refractivity contribution in [3.05, 3.63) is 79.6 Å². The standard InChI is InChI=1S/C22H21NO3/c1-26-18-10-6-14(7-11-18)13-23-20-19(21(24)22(20)25)17-9-8-15-4-2-3-5-16(15)12-17/h6-12,23H,2-5,13H2,1H3. The summed E-state index contributed by atoms with van der Waals surface area (Å²) < 4.78 is 5.15. The molecule has 0 amide bonds. The zero-order valence-electron chi connectivity index (χ0n) is 14.8. The number of nitrogens with one attached hydrogen (secondary N) is 1. The van der Waals surface area contributed by atoms with E-state index in [4.69, 9.17) is 4.74 Å². The van der Waals surface area contributed by atoms with Gasteiger partial charge in [0, 0.05) is 6.54 Å². The third-order valence-corrected chi connectivity index (χ3v) is 5.18. The van der Waals surface area contributed by atoms with Crippen molar-refractivity contribution in [3.8, 4) is 16.9 Å². The molecule has 0 bridgehead atoms. The molecule has 0 saturated carbocycles. The smallest absolute Gasteiger partial charge is 0.250 e. The zero-order valence-corrected chi connectivity index (χ0v) is 14.8. The fraction of sp³-hybridized carbons (Fsp3) is 0.273. The highest BCUT2D eigenvalue weighted by atomic mass is 16.5. The first-order valence-corrected chi connectivity index (χ1v) is 8.99. The van der Waals surface area contributed by atoms with E-state index in [0.29, 0.717) is 17.8 Å². The number of aryl methyl sites for hydroxylation is 2. The predicted octanol–water partition coefficient (Wildman–Crippen LogP) is 3.45. The Balaban J connectivity index is 1.58. The summed E-state index contributed by atoms with van der Waals surface area (Å²) in [6, 6.07) is 13.8. The van der Waals surface area contributed by atoms with Crippen LogP contribution in [0.4, 0.5) is 5.69 Å². The molecule has 4 nitrogen and oxygen atoms in total. The summed E-state index contributed by atoms with van der Waals surface area (Å²) >= 11 is 0. The number of methoxy groups -OCH3 is 1. The summed E-state index contributed by atoms with van der Waals surface area (Å²) in [6.07, 6.45) is 4.56. The molecule has 0 saturated heterocycles. The van der Waals surface area contributed by atoms with E-state index in [1.54, 1.807) is 7.11 Å². The van der Waals surface area contributed by atoms with Gasteiger partial charge in [0.25, 0.3) is 0 Å². The van der Waals surface area contributed by atoms with Gasteiger partial charge >= 0.3 is 0 Å². The van der Waals surface area contributed by atoms with E-state index in [0.717, 1.165) is 29.7 Å². The number of ether oxygens (including phenoxy) is 1. The van der Waals surface area contributed by atoms with Gasteiger partial charge in [-0.1, -0.05) is 30.3 Å². The second kappa shape index (κ2) is 6.79. The van der Waals surface area contributed by atoms with E-state index in [9.17, 15) is 9.59 Å². The topological polar surface area (TPSA) is 55.4 Å². The molecule has 1 aliphatic rings. The van der Waals surface area contributed by atoms with Gasteiger partial charge in [-0.2, -0.15) is 0 Å². The molecule has 0 fully saturated rings. The highest BCUT2D eigenvalue weighted by Crippen LogP contribution is 2.29. The minimum atomic E-state index is -0.425. The molecule has 132 valence electrons. The van der Waals surface area contributed by atoms with Crippen molar-refractivity contribution in [1.82, 2.24) is 0 Å². The van der Waals surface area contributed by atoms with Gasteiger partial charge in [0.15, 0.2) is 0 Å². The minimum Gasteiger partial charge on any atom is -0.497 e. The van der Waals surface area contributed by atoms with E-state index in [-0.39, 0.29) is 0 Å². The van der Waals surface area contributed by atoms with Crippen LogP contribution in [-0.2, 0) is 19.4 Å². The molecule has 0 heterocycles. The largest absolute Gasteiger partial charge is 0.497 e. The molecule has 1 aliphatic carbocycles. The van der Waals surface area contributed by atoms with Crippen LogP contribution in [0.5, 0.6) is 5.75 Å². The van der Waals surface area contributed by atoms with Crippen molar-refractivity contribution in [2.45, 2.75) is 32.2 Å². The summed E-state index contributed by atoms with van der Waals surface area (Å²) in [7, 11) is 1.63. The molecule has 0 atom stereocenters. The second-order valence-corrected chi connectivity index (χ2v) is 6.80. The zero-order chi connectivity index (χ0) is 18.1. The minimum absolute atomic E-state index is 0.391. The molecule has 4 rings (SSSR count). The second-order valence-electron chi connectivity index (χ2n) is 6.80. The predicted molar refractivity (Wildman–Crippen MR) is 104 cm³/mol. The number of rotatable bonds is 5. The molecule has 0 radical (unpaired) electrons. The van der Waals surface area contributed by atoms with Crippen LogP contribution in [0.1, 0.15) is 29.5 Å². The molecule has 1 N–H and O–H groups in total. The molecule has 3 aromatic carbocycles. The van der Waals surface area contributed by atoms with Gasteiger partial charge in [-0.3, -0.25) is 9.59 Å². The first kappa shape index (κ1) is 16.6. The van der Waals surface area contributed by atoms with E-state index >= 15 is 0 Å². The fourth-order valence-electron chi connectivity index (χ4n) is 3.66. The Morgan fingerprint density at radius 1 is 0.923 bits per heavy atom. The maximum absolute atomic E-state index is 12.2. The lowest BCUT2D eigenvalue weighted by atomic mass is 9.88. The van der Waals surface area contributed by atoms with Crippen LogP contribution in [-0.4, -0.2) is 7.11 Å². The molecular formula is C22H21NO3. The van der Waals surface area contributed by atoms with Crippen molar-refractivity contribution in [3.63, 3.8) is 0 Å². The molecule has 0 aliphatic heterocycles. The summed E-state index contributed by atoms with van der Waals surface area (Å²) in [5.74, 6) is 0.789. The quantitative estimate of drug-likeness (QED) is 0.718. The average molecular weight is 347 g/mol. The lowest BCUT2D eigenvalue weighted by molar-refractivity contribution is 0.414. The van der Waals surface area contributed by atoms with Gasteiger partial charge in [0.05, 0.1) is 18.4 Å². The van der Waals surface area contributed by atoms with Crippen molar-refractivity contribution in [2.75, 3.05) is 12.4 Å². The highest BCUT2D eigenvalue weighted by molar-refractivity contribution is 5.82. The molecule has 26 heavy (non-hydrogen) atoms. The Bertz CT molecular complexity index is 1010. The number of fused-ring (bicyclic) bond motifs is 1. The molecule has 0 spiro atoms. The molecule has 0 unspecified atom stereocenters. The number of hydrogen-bond donors (Lipinski definition) is 1. The van der Waals surface area contributed by atoms with Crippen molar-refractivity contribution in [1.29, 1.82) is 0 Å². The third kappa shape index (κ3) is 2.92. The van der Waals surface area contributed by atoms with Gasteiger partial charge in [-0.15, -0.1) is 0 Å². The Morgan fingerprint density at radius 2 is 1.65 bits per heavy atom. The summed E-state index contributed by atoms with van der Waals surface area (Å²) in [5, 5.41) is 3.15. The molecule has 3 aromatic rings. The van der Waals surface area contributed by atoms with Gasteiger partial charge in [0.1, 0.15) is 5.75 Å². The van der Waals surface area contributed by atoms with E-state index in [1.165, 1.54) is 24.0 Å². The maximum Gasteiger partial charge on any atom is 0.250 e. The van der Waals surface area contributed by atoms with Gasteiger partial charge in [-0.25, -0.2) is 0 Å². The molecule has 0 aromatic heterocycles. The Hall–Kier alpha value is -2.88. The number of hydrogen-bond acceptors (Lipinski definition) is 4. The van der Waals surface area contributed by atoms with E-state index in [1.807, 2.05) is 30.3 Å². The van der Waals surface area contributed by atoms with Crippen LogP contribution in [0.15, 0.2) is 52.1 Å². The van der Waals surface area contributed by atoms with Gasteiger partial charge in [-0.05, 0) is 60.1 Å². The Morgan fingerprint density at radius 3 is 2.38 bits per heavy atom. The number of benzene rings is 2. The van der Waals surface area contributed by atoms with Crippen LogP contribution < -0.4 is 20.9 Å². The first-order chi connectivity index (χ1) is 12.7. The lowest BCUT2D eigenvalue weighted by Gasteiger charge is -2.18. The van der Waals surface area contributed by atoms with Gasteiger partial charge < -0.3 is 10.1 Å². The van der Waals surface area contributed by atoms with E-state index < -0.39 is 10.9 Å². The van der Waals surface area contributed by atoms with Crippen LogP contribution >= 0.6 is 0 Å². The lowest BCUT2D eigenvalue weighted by Crippen LogP contribution is -2.36. The van der Waals surface area contributed by atoms with Crippen molar-refractivity contribution < 1.29 is 4.74 Å². The summed E-state index contributed by atoms with van der Waals surface area (Å²) in [6.45, 7) is 0.493. The number of anilines is 1. The summed E-state index contributed by atoms with van der Waals surface area (Å²) in [4.78, 5) is 24.2. The Kier molecular flexibility index (Phi) is 4.33. The van der Waals surface area contributed by atoms with Crippen molar-refractivity contribution >= 4 is 5.69 Å². The van der Waals surface area contributed by atoms with Crippen LogP contribution in [0, 0.1) is 0 Å². The third-order valence-electron chi connectivity index (χ3n) is 5.18. The fourth-order valence-corrected chi connectivity index (χ4v) is 3.66. The van der Waals surface area contributed by atoms with Crippen LogP contribution in [0.3, 0.4) is 0 Å². The van der Waals surface area contributed by atoms with Crippen LogP contribution in [0.2, 0.25) is 0 Å². The average Bonchev–Trinajstić information content (AvgIpc) is 2.70.